The van der Waals surface area contributed by atoms with Gasteiger partial charge in [0.2, 0.25) is 0 Å². The van der Waals surface area contributed by atoms with Gasteiger partial charge in [0.05, 0.1) is 16.8 Å². The molecule has 2 rings (SSSR count). The van der Waals surface area contributed by atoms with Crippen molar-refractivity contribution in [1.82, 2.24) is 10.3 Å². The summed E-state index contributed by atoms with van der Waals surface area (Å²) in [5.74, 6) is 0.119. The van der Waals surface area contributed by atoms with Crippen molar-refractivity contribution < 1.29 is 9.53 Å². The third-order valence-electron chi connectivity index (χ3n) is 2.76. The molecule has 0 fully saturated rings. The molecule has 21 heavy (non-hydrogen) atoms. The Bertz CT molecular complexity index is 620. The Hall–Kier alpha value is -1.78. The summed E-state index contributed by atoms with van der Waals surface area (Å²) in [5, 5.41) is 3.70. The van der Waals surface area contributed by atoms with Gasteiger partial charge in [-0.05, 0) is 31.2 Å². The predicted molar refractivity (Wildman–Crippen MR) is 82.8 cm³/mol. The number of ether oxygens (including phenoxy) is 1. The van der Waals surface area contributed by atoms with E-state index in [2.05, 4.69) is 10.3 Å². The molecule has 1 amide bonds. The molecule has 0 saturated carbocycles. The van der Waals surface area contributed by atoms with Crippen molar-refractivity contribution in [2.24, 2.45) is 0 Å². The Morgan fingerprint density at radius 2 is 2.14 bits per heavy atom. The lowest BCUT2D eigenvalue weighted by molar-refractivity contribution is -0.123. The van der Waals surface area contributed by atoms with Gasteiger partial charge in [-0.3, -0.25) is 9.78 Å². The molecule has 1 heterocycles. The number of hydrogen-bond acceptors (Lipinski definition) is 3. The smallest absolute Gasteiger partial charge is 0.258 e. The molecule has 0 saturated heterocycles. The Kier molecular flexibility index (Phi) is 5.42. The molecule has 4 nitrogen and oxygen atoms in total. The van der Waals surface area contributed by atoms with E-state index in [1.54, 1.807) is 24.4 Å². The lowest BCUT2D eigenvalue weighted by atomic mass is 10.2. The minimum absolute atomic E-state index is 0.142. The quantitative estimate of drug-likeness (QED) is 0.913. The first-order chi connectivity index (χ1) is 10.1. The van der Waals surface area contributed by atoms with Crippen molar-refractivity contribution in [3.63, 3.8) is 0 Å². The van der Waals surface area contributed by atoms with Crippen LogP contribution in [0.5, 0.6) is 5.75 Å². The zero-order valence-electron chi connectivity index (χ0n) is 11.3. The van der Waals surface area contributed by atoms with Crippen LogP contribution in [0, 0.1) is 0 Å². The van der Waals surface area contributed by atoms with E-state index >= 15 is 0 Å². The van der Waals surface area contributed by atoms with Crippen LogP contribution in [0.2, 0.25) is 10.0 Å². The minimum Gasteiger partial charge on any atom is -0.482 e. The van der Waals surface area contributed by atoms with Crippen LogP contribution < -0.4 is 10.1 Å². The van der Waals surface area contributed by atoms with Gasteiger partial charge in [-0.25, -0.2) is 0 Å². The Labute approximate surface area is 133 Å². The number of aromatic nitrogens is 1. The van der Waals surface area contributed by atoms with Gasteiger partial charge in [0.1, 0.15) is 5.75 Å². The molecule has 1 aromatic heterocycles. The van der Waals surface area contributed by atoms with Crippen LogP contribution >= 0.6 is 23.2 Å². The second-order valence-corrected chi connectivity index (χ2v) is 5.25. The Morgan fingerprint density at radius 1 is 1.33 bits per heavy atom. The second-order valence-electron chi connectivity index (χ2n) is 4.41. The summed E-state index contributed by atoms with van der Waals surface area (Å²) in [6.07, 6.45) is 1.68. The Morgan fingerprint density at radius 3 is 2.86 bits per heavy atom. The van der Waals surface area contributed by atoms with Gasteiger partial charge < -0.3 is 10.1 Å². The maximum Gasteiger partial charge on any atom is 0.258 e. The summed E-state index contributed by atoms with van der Waals surface area (Å²) in [6.45, 7) is 1.71. The van der Waals surface area contributed by atoms with Crippen LogP contribution in [0.25, 0.3) is 0 Å². The number of hydrogen-bond donors (Lipinski definition) is 1. The topological polar surface area (TPSA) is 51.2 Å². The fourth-order valence-electron chi connectivity index (χ4n) is 1.72. The van der Waals surface area contributed by atoms with Crippen LogP contribution in [-0.4, -0.2) is 17.5 Å². The largest absolute Gasteiger partial charge is 0.482 e. The first kappa shape index (κ1) is 15.6. The number of nitrogens with zero attached hydrogens (tertiary/aromatic N) is 1. The van der Waals surface area contributed by atoms with E-state index in [0.29, 0.717) is 15.8 Å². The summed E-state index contributed by atoms with van der Waals surface area (Å²) >= 11 is 11.8. The molecule has 0 aliphatic heterocycles. The van der Waals surface area contributed by atoms with Gasteiger partial charge in [0.15, 0.2) is 6.61 Å². The molecule has 6 heteroatoms. The van der Waals surface area contributed by atoms with Crippen molar-refractivity contribution >= 4 is 29.1 Å². The fraction of sp³-hybridized carbons (Fsp3) is 0.200. The van der Waals surface area contributed by atoms with Crippen LogP contribution in [0.4, 0.5) is 0 Å². The zero-order chi connectivity index (χ0) is 15.2. The SMILES string of the molecule is CC(NC(=O)COc1cc(Cl)ccc1Cl)c1ccccn1. The maximum atomic E-state index is 11.9. The van der Waals surface area contributed by atoms with Crippen LogP contribution in [0.15, 0.2) is 42.6 Å². The summed E-state index contributed by atoms with van der Waals surface area (Å²) in [5.41, 5.74) is 0.784. The first-order valence-corrected chi connectivity index (χ1v) is 7.10. The number of rotatable bonds is 5. The number of amides is 1. The molecule has 0 spiro atoms. The second kappa shape index (κ2) is 7.29. The average Bonchev–Trinajstić information content (AvgIpc) is 2.49. The van der Waals surface area contributed by atoms with Crippen LogP contribution in [0.1, 0.15) is 18.7 Å². The summed E-state index contributed by atoms with van der Waals surface area (Å²) < 4.78 is 5.37. The molecular weight excluding hydrogens is 311 g/mol. The minimum atomic E-state index is -0.260. The number of carbonyl (C=O) groups is 1. The van der Waals surface area contributed by atoms with Gasteiger partial charge in [0, 0.05) is 17.3 Å². The van der Waals surface area contributed by atoms with Gasteiger partial charge in [-0.2, -0.15) is 0 Å². The highest BCUT2D eigenvalue weighted by atomic mass is 35.5. The van der Waals surface area contributed by atoms with Crippen molar-refractivity contribution in [2.45, 2.75) is 13.0 Å². The van der Waals surface area contributed by atoms with Gasteiger partial charge in [-0.15, -0.1) is 0 Å². The maximum absolute atomic E-state index is 11.9. The highest BCUT2D eigenvalue weighted by Crippen LogP contribution is 2.27. The molecule has 1 aromatic carbocycles. The third-order valence-corrected chi connectivity index (χ3v) is 3.31. The van der Waals surface area contributed by atoms with Gasteiger partial charge in [-0.1, -0.05) is 29.3 Å². The molecule has 0 aliphatic carbocycles. The Balaban J connectivity index is 1.89. The van der Waals surface area contributed by atoms with Gasteiger partial charge >= 0.3 is 0 Å². The van der Waals surface area contributed by atoms with E-state index in [1.807, 2.05) is 25.1 Å². The number of pyridine rings is 1. The van der Waals surface area contributed by atoms with Crippen molar-refractivity contribution in [3.05, 3.63) is 58.3 Å². The van der Waals surface area contributed by atoms with Gasteiger partial charge in [0.25, 0.3) is 5.91 Å². The summed E-state index contributed by atoms with van der Waals surface area (Å²) in [6, 6.07) is 10.2. The molecule has 110 valence electrons. The number of carbonyl (C=O) groups excluding carboxylic acids is 1. The van der Waals surface area contributed by atoms with Crippen LogP contribution in [-0.2, 0) is 4.79 Å². The number of benzene rings is 1. The van der Waals surface area contributed by atoms with E-state index in [9.17, 15) is 4.79 Å². The molecule has 1 atom stereocenters. The molecule has 2 aromatic rings. The van der Waals surface area contributed by atoms with E-state index < -0.39 is 0 Å². The molecule has 0 radical (unpaired) electrons. The first-order valence-electron chi connectivity index (χ1n) is 6.34. The van der Waals surface area contributed by atoms with E-state index in [1.165, 1.54) is 0 Å². The molecule has 1 unspecified atom stereocenters. The molecular formula is C15H14Cl2N2O2. The molecule has 1 N–H and O–H groups in total. The lowest BCUT2D eigenvalue weighted by Gasteiger charge is -2.14. The summed E-state index contributed by atoms with van der Waals surface area (Å²) in [7, 11) is 0. The molecule has 0 aliphatic rings. The highest BCUT2D eigenvalue weighted by Gasteiger charge is 2.11. The third kappa shape index (κ3) is 4.62. The van der Waals surface area contributed by atoms with E-state index in [4.69, 9.17) is 27.9 Å². The van der Waals surface area contributed by atoms with Crippen LogP contribution in [0.3, 0.4) is 0 Å². The average molecular weight is 325 g/mol. The zero-order valence-corrected chi connectivity index (χ0v) is 12.9. The normalized spacial score (nSPS) is 11.8. The molecule has 0 bridgehead atoms. The van der Waals surface area contributed by atoms with Crippen molar-refractivity contribution in [1.29, 1.82) is 0 Å². The highest BCUT2D eigenvalue weighted by molar-refractivity contribution is 6.34. The fourth-order valence-corrected chi connectivity index (χ4v) is 2.05. The number of nitrogens with one attached hydrogen (secondary N) is 1. The predicted octanol–water partition coefficient (Wildman–Crippen LogP) is 3.64. The monoisotopic (exact) mass is 324 g/mol. The van der Waals surface area contributed by atoms with Crippen molar-refractivity contribution in [3.8, 4) is 5.75 Å². The lowest BCUT2D eigenvalue weighted by Crippen LogP contribution is -2.31. The van der Waals surface area contributed by atoms with E-state index in [-0.39, 0.29) is 18.6 Å². The standard InChI is InChI=1S/C15H14Cl2N2O2/c1-10(13-4-2-3-7-18-13)19-15(20)9-21-14-8-11(16)5-6-12(14)17/h2-8,10H,9H2,1H3,(H,19,20). The van der Waals surface area contributed by atoms with E-state index in [0.717, 1.165) is 5.69 Å². The number of halogens is 2. The summed E-state index contributed by atoms with van der Waals surface area (Å²) in [4.78, 5) is 16.0. The van der Waals surface area contributed by atoms with Crippen molar-refractivity contribution in [2.75, 3.05) is 6.61 Å².